The van der Waals surface area contributed by atoms with Crippen molar-refractivity contribution in [2.45, 2.75) is 20.3 Å². The third kappa shape index (κ3) is 3.69. The largest absolute Gasteiger partial charge is 0.497 e. The van der Waals surface area contributed by atoms with Crippen LogP contribution < -0.4 is 4.74 Å². The number of rotatable bonds is 5. The first-order valence-corrected chi connectivity index (χ1v) is 5.51. The molecule has 1 rings (SSSR count). The average Bonchev–Trinajstić information content (AvgIpc) is 2.39. The number of ketones is 1. The van der Waals surface area contributed by atoms with Crippen molar-refractivity contribution in [2.24, 2.45) is 5.16 Å². The van der Waals surface area contributed by atoms with E-state index >= 15 is 0 Å². The molecule has 0 saturated heterocycles. The highest BCUT2D eigenvalue weighted by Gasteiger charge is 2.13. The summed E-state index contributed by atoms with van der Waals surface area (Å²) in [5.74, 6) is -0.147. The van der Waals surface area contributed by atoms with E-state index < -0.39 is 5.97 Å². The molecule has 0 aliphatic carbocycles. The minimum Gasteiger partial charge on any atom is -0.497 e. The Morgan fingerprint density at radius 1 is 1.22 bits per heavy atom. The minimum atomic E-state index is -0.552. The van der Waals surface area contributed by atoms with Gasteiger partial charge in [-0.3, -0.25) is 4.79 Å². The Bertz CT molecular complexity index is 462. The van der Waals surface area contributed by atoms with Gasteiger partial charge in [-0.2, -0.15) is 0 Å². The minimum absolute atomic E-state index is 0.204. The number of nitrogens with zero attached hydrogens (tertiary/aromatic N) is 1. The van der Waals surface area contributed by atoms with Crippen molar-refractivity contribution >= 4 is 17.5 Å². The van der Waals surface area contributed by atoms with Gasteiger partial charge in [0.1, 0.15) is 11.5 Å². The van der Waals surface area contributed by atoms with Crippen LogP contribution in [0.3, 0.4) is 0 Å². The first-order chi connectivity index (χ1) is 8.58. The van der Waals surface area contributed by atoms with E-state index in [0.29, 0.717) is 17.7 Å². The van der Waals surface area contributed by atoms with Crippen molar-refractivity contribution < 1.29 is 19.2 Å². The number of Topliss-reactive ketones (excluding diaryl/α,β-unsaturated/α-hetero) is 1. The highest BCUT2D eigenvalue weighted by atomic mass is 16.7. The van der Waals surface area contributed by atoms with Gasteiger partial charge >= 0.3 is 5.97 Å². The molecule has 5 nitrogen and oxygen atoms in total. The first-order valence-electron chi connectivity index (χ1n) is 5.51. The third-order valence-electron chi connectivity index (χ3n) is 2.23. The van der Waals surface area contributed by atoms with Crippen molar-refractivity contribution in [3.8, 4) is 5.75 Å². The molecule has 0 bridgehead atoms. The average molecular weight is 249 g/mol. The van der Waals surface area contributed by atoms with Crippen molar-refractivity contribution in [3.63, 3.8) is 0 Å². The number of ether oxygens (including phenoxy) is 1. The lowest BCUT2D eigenvalue weighted by Gasteiger charge is -2.04. The fraction of sp³-hybridized carbons (Fsp3) is 0.308. The number of carbonyl (C=O) groups excluding carboxylic acids is 2. The zero-order valence-electron chi connectivity index (χ0n) is 10.6. The number of methoxy groups -OCH3 is 1. The topological polar surface area (TPSA) is 65.0 Å². The summed E-state index contributed by atoms with van der Waals surface area (Å²) in [7, 11) is 1.55. The summed E-state index contributed by atoms with van der Waals surface area (Å²) in [5, 5.41) is 3.55. The summed E-state index contributed by atoms with van der Waals surface area (Å²) < 4.78 is 5.00. The van der Waals surface area contributed by atoms with Crippen LogP contribution in [0.15, 0.2) is 29.4 Å². The van der Waals surface area contributed by atoms with E-state index in [1.807, 2.05) is 0 Å². The van der Waals surface area contributed by atoms with Gasteiger partial charge in [-0.15, -0.1) is 0 Å². The van der Waals surface area contributed by atoms with E-state index in [2.05, 4.69) is 9.99 Å². The Kier molecular flexibility index (Phi) is 5.05. The summed E-state index contributed by atoms with van der Waals surface area (Å²) in [6.45, 7) is 3.00. The van der Waals surface area contributed by atoms with Crippen LogP contribution in [-0.4, -0.2) is 24.6 Å². The summed E-state index contributed by atoms with van der Waals surface area (Å²) in [4.78, 5) is 27.2. The molecule has 0 aliphatic rings. The third-order valence-corrected chi connectivity index (χ3v) is 2.23. The molecular weight excluding hydrogens is 234 g/mol. The van der Waals surface area contributed by atoms with Gasteiger partial charge < -0.3 is 9.57 Å². The molecule has 0 aliphatic heterocycles. The summed E-state index contributed by atoms with van der Waals surface area (Å²) >= 11 is 0. The Morgan fingerprint density at radius 2 is 1.83 bits per heavy atom. The van der Waals surface area contributed by atoms with Crippen LogP contribution in [0.4, 0.5) is 0 Å². The molecular formula is C13H15NO4. The Labute approximate surface area is 105 Å². The monoisotopic (exact) mass is 249 g/mol. The molecule has 0 heterocycles. The Hall–Kier alpha value is -2.17. The predicted octanol–water partition coefficient (Wildman–Crippen LogP) is 2.21. The molecule has 0 aromatic heterocycles. The molecule has 0 radical (unpaired) electrons. The fourth-order valence-electron chi connectivity index (χ4n) is 1.29. The zero-order valence-corrected chi connectivity index (χ0v) is 10.6. The maximum absolute atomic E-state index is 12.0. The molecule has 0 unspecified atom stereocenters. The second kappa shape index (κ2) is 6.54. The molecule has 0 spiro atoms. The van der Waals surface area contributed by atoms with Gasteiger partial charge in [-0.25, -0.2) is 4.79 Å². The highest BCUT2D eigenvalue weighted by Crippen LogP contribution is 2.12. The van der Waals surface area contributed by atoms with Crippen LogP contribution in [0, 0.1) is 0 Å². The molecule has 96 valence electrons. The van der Waals surface area contributed by atoms with E-state index in [9.17, 15) is 9.59 Å². The first kappa shape index (κ1) is 13.9. The Morgan fingerprint density at radius 3 is 2.28 bits per heavy atom. The molecule has 1 aromatic rings. The van der Waals surface area contributed by atoms with E-state index in [1.54, 1.807) is 38.3 Å². The van der Waals surface area contributed by atoms with Gasteiger partial charge in [0.25, 0.3) is 0 Å². The molecule has 5 heteroatoms. The van der Waals surface area contributed by atoms with E-state index in [4.69, 9.17) is 4.74 Å². The molecule has 1 aromatic carbocycles. The lowest BCUT2D eigenvalue weighted by molar-refractivity contribution is -0.140. The second-order valence-corrected chi connectivity index (χ2v) is 3.53. The van der Waals surface area contributed by atoms with Crippen LogP contribution in [0.25, 0.3) is 0 Å². The number of benzene rings is 1. The van der Waals surface area contributed by atoms with E-state index in [-0.39, 0.29) is 11.5 Å². The highest BCUT2D eigenvalue weighted by molar-refractivity contribution is 6.45. The van der Waals surface area contributed by atoms with E-state index in [1.165, 1.54) is 6.92 Å². The predicted molar refractivity (Wildman–Crippen MR) is 66.8 cm³/mol. The molecule has 0 N–H and O–H groups in total. The molecule has 0 saturated carbocycles. The number of carbonyl (C=O) groups is 2. The van der Waals surface area contributed by atoms with Gasteiger partial charge in [-0.1, -0.05) is 12.1 Å². The summed E-state index contributed by atoms with van der Waals surface area (Å²) in [6.07, 6.45) is 0.387. The SMILES string of the molecule is CC/C(=N\OC(C)=O)C(=O)c1ccc(OC)cc1. The van der Waals surface area contributed by atoms with Crippen molar-refractivity contribution in [1.82, 2.24) is 0 Å². The van der Waals surface area contributed by atoms with Crippen molar-refractivity contribution in [2.75, 3.05) is 7.11 Å². The fourth-order valence-corrected chi connectivity index (χ4v) is 1.29. The summed E-state index contributed by atoms with van der Waals surface area (Å²) in [6, 6.07) is 6.65. The number of oxime groups is 1. The lowest BCUT2D eigenvalue weighted by atomic mass is 10.1. The molecule has 0 atom stereocenters. The lowest BCUT2D eigenvalue weighted by Crippen LogP contribution is -2.14. The maximum atomic E-state index is 12.0. The van der Waals surface area contributed by atoms with Gasteiger partial charge in [-0.05, 0) is 30.7 Å². The second-order valence-electron chi connectivity index (χ2n) is 3.53. The van der Waals surface area contributed by atoms with Crippen LogP contribution in [-0.2, 0) is 9.63 Å². The standard InChI is InChI=1S/C13H15NO4/c1-4-12(14-18-9(2)15)13(16)10-5-7-11(17-3)8-6-10/h5-8H,4H2,1-3H3/b14-12+. The van der Waals surface area contributed by atoms with Crippen LogP contribution in [0.1, 0.15) is 30.6 Å². The quantitative estimate of drug-likeness (QED) is 0.347. The normalized spacial score (nSPS) is 10.9. The van der Waals surface area contributed by atoms with E-state index in [0.717, 1.165) is 0 Å². The van der Waals surface area contributed by atoms with Crippen molar-refractivity contribution in [1.29, 1.82) is 0 Å². The zero-order chi connectivity index (χ0) is 13.5. The number of hydrogen-bond acceptors (Lipinski definition) is 5. The van der Waals surface area contributed by atoms with Gasteiger partial charge in [0.05, 0.1) is 7.11 Å². The van der Waals surface area contributed by atoms with Crippen LogP contribution >= 0.6 is 0 Å². The van der Waals surface area contributed by atoms with Gasteiger partial charge in [0.2, 0.25) is 5.78 Å². The summed E-state index contributed by atoms with van der Waals surface area (Å²) in [5.41, 5.74) is 0.680. The molecule has 0 fully saturated rings. The molecule has 0 amide bonds. The smallest absolute Gasteiger partial charge is 0.331 e. The Balaban J connectivity index is 2.89. The van der Waals surface area contributed by atoms with Crippen LogP contribution in [0.2, 0.25) is 0 Å². The number of hydrogen-bond donors (Lipinski definition) is 0. The maximum Gasteiger partial charge on any atom is 0.331 e. The molecule has 18 heavy (non-hydrogen) atoms. The van der Waals surface area contributed by atoms with Gasteiger partial charge in [0.15, 0.2) is 0 Å². The van der Waals surface area contributed by atoms with Crippen molar-refractivity contribution in [3.05, 3.63) is 29.8 Å². The van der Waals surface area contributed by atoms with Gasteiger partial charge in [0, 0.05) is 12.5 Å². The van der Waals surface area contributed by atoms with Crippen LogP contribution in [0.5, 0.6) is 5.75 Å².